The molecule has 1 atom stereocenters. The maximum Gasteiger partial charge on any atom is 0.228 e. The number of benzene rings is 1. The molecular weight excluding hydrogens is 180 g/mol. The number of aliphatic hydroxyl groups excluding tert-OH is 1. The van der Waals surface area contributed by atoms with Crippen molar-refractivity contribution in [3.8, 4) is 0 Å². The van der Waals surface area contributed by atoms with Crippen molar-refractivity contribution in [1.82, 2.24) is 0 Å². The predicted octanol–water partition coefficient (Wildman–Crippen LogP) is 0.173. The van der Waals surface area contributed by atoms with Crippen molar-refractivity contribution in [3.05, 3.63) is 29.3 Å². The van der Waals surface area contributed by atoms with Crippen LogP contribution >= 0.6 is 0 Å². The van der Waals surface area contributed by atoms with E-state index < -0.39 is 6.10 Å². The number of anilines is 1. The highest BCUT2D eigenvalue weighted by molar-refractivity contribution is 5.99. The zero-order valence-electron chi connectivity index (χ0n) is 7.66. The highest BCUT2D eigenvalue weighted by Gasteiger charge is 2.18. The SMILES string of the molecule is NCC(O)c1ccc2c(c1)CC(=O)N2. The summed E-state index contributed by atoms with van der Waals surface area (Å²) in [5.74, 6) is -0.000566. The second kappa shape index (κ2) is 3.40. The first kappa shape index (κ1) is 9.18. The van der Waals surface area contributed by atoms with E-state index in [1.165, 1.54) is 0 Å². The quantitative estimate of drug-likeness (QED) is 0.625. The normalized spacial score (nSPS) is 16.3. The summed E-state index contributed by atoms with van der Waals surface area (Å²) in [6, 6.07) is 5.40. The first-order chi connectivity index (χ1) is 6.70. The number of nitrogens with two attached hydrogens (primary N) is 1. The van der Waals surface area contributed by atoms with Gasteiger partial charge in [0, 0.05) is 12.2 Å². The molecule has 1 amide bonds. The minimum Gasteiger partial charge on any atom is -0.387 e. The Kier molecular flexibility index (Phi) is 2.23. The summed E-state index contributed by atoms with van der Waals surface area (Å²) in [5.41, 5.74) is 7.88. The Labute approximate surface area is 81.7 Å². The second-order valence-electron chi connectivity index (χ2n) is 3.39. The van der Waals surface area contributed by atoms with E-state index in [4.69, 9.17) is 5.73 Å². The Balaban J connectivity index is 2.32. The van der Waals surface area contributed by atoms with E-state index in [9.17, 15) is 9.90 Å². The Morgan fingerprint density at radius 3 is 3.07 bits per heavy atom. The van der Waals surface area contributed by atoms with Gasteiger partial charge in [0.1, 0.15) is 0 Å². The average Bonchev–Trinajstić information content (AvgIpc) is 2.55. The summed E-state index contributed by atoms with van der Waals surface area (Å²) >= 11 is 0. The summed E-state index contributed by atoms with van der Waals surface area (Å²) < 4.78 is 0. The van der Waals surface area contributed by atoms with Gasteiger partial charge in [-0.1, -0.05) is 12.1 Å². The molecule has 0 aliphatic carbocycles. The number of carbonyl (C=O) groups is 1. The van der Waals surface area contributed by atoms with Crippen LogP contribution in [0, 0.1) is 0 Å². The van der Waals surface area contributed by atoms with E-state index in [2.05, 4.69) is 5.32 Å². The first-order valence-corrected chi connectivity index (χ1v) is 4.51. The molecule has 4 N–H and O–H groups in total. The molecule has 1 unspecified atom stereocenters. The van der Waals surface area contributed by atoms with Gasteiger partial charge in [-0.25, -0.2) is 0 Å². The molecule has 74 valence electrons. The van der Waals surface area contributed by atoms with Gasteiger partial charge in [-0.05, 0) is 17.2 Å². The van der Waals surface area contributed by atoms with E-state index in [1.807, 2.05) is 6.07 Å². The van der Waals surface area contributed by atoms with Crippen molar-refractivity contribution < 1.29 is 9.90 Å². The van der Waals surface area contributed by atoms with Gasteiger partial charge < -0.3 is 16.2 Å². The van der Waals surface area contributed by atoms with Crippen LogP contribution in [0.15, 0.2) is 18.2 Å². The molecule has 2 rings (SSSR count). The van der Waals surface area contributed by atoms with Gasteiger partial charge in [0.05, 0.1) is 12.5 Å². The van der Waals surface area contributed by atoms with Crippen molar-refractivity contribution in [3.63, 3.8) is 0 Å². The highest BCUT2D eigenvalue weighted by Crippen LogP contribution is 2.25. The summed E-state index contributed by atoms with van der Waals surface area (Å²) in [7, 11) is 0. The predicted molar refractivity (Wildman–Crippen MR) is 52.8 cm³/mol. The molecular formula is C10H12N2O2. The lowest BCUT2D eigenvalue weighted by molar-refractivity contribution is -0.115. The molecule has 0 radical (unpaired) electrons. The molecule has 0 bridgehead atoms. The van der Waals surface area contributed by atoms with Crippen molar-refractivity contribution in [2.75, 3.05) is 11.9 Å². The molecule has 4 heteroatoms. The molecule has 0 saturated heterocycles. The Bertz CT molecular complexity index is 376. The van der Waals surface area contributed by atoms with Crippen LogP contribution in [-0.4, -0.2) is 17.6 Å². The van der Waals surface area contributed by atoms with Gasteiger partial charge in [0.25, 0.3) is 0 Å². The average molecular weight is 192 g/mol. The monoisotopic (exact) mass is 192 g/mol. The van der Waals surface area contributed by atoms with Crippen LogP contribution in [-0.2, 0) is 11.2 Å². The topological polar surface area (TPSA) is 75.3 Å². The van der Waals surface area contributed by atoms with Crippen LogP contribution in [0.2, 0.25) is 0 Å². The number of carbonyl (C=O) groups excluding carboxylic acids is 1. The molecule has 14 heavy (non-hydrogen) atoms. The molecule has 1 heterocycles. The van der Waals surface area contributed by atoms with Crippen molar-refractivity contribution >= 4 is 11.6 Å². The fourth-order valence-electron chi connectivity index (χ4n) is 1.59. The third kappa shape index (κ3) is 1.49. The zero-order chi connectivity index (χ0) is 10.1. The first-order valence-electron chi connectivity index (χ1n) is 4.51. The van der Waals surface area contributed by atoms with E-state index >= 15 is 0 Å². The fourth-order valence-corrected chi connectivity index (χ4v) is 1.59. The number of rotatable bonds is 2. The van der Waals surface area contributed by atoms with Gasteiger partial charge in [-0.2, -0.15) is 0 Å². The van der Waals surface area contributed by atoms with E-state index in [0.29, 0.717) is 6.42 Å². The number of nitrogens with one attached hydrogen (secondary N) is 1. The minimum atomic E-state index is -0.643. The van der Waals surface area contributed by atoms with Crippen LogP contribution in [0.1, 0.15) is 17.2 Å². The largest absolute Gasteiger partial charge is 0.387 e. The lowest BCUT2D eigenvalue weighted by Gasteiger charge is -2.09. The maximum absolute atomic E-state index is 11.1. The van der Waals surface area contributed by atoms with E-state index in [-0.39, 0.29) is 12.5 Å². The smallest absolute Gasteiger partial charge is 0.228 e. The van der Waals surface area contributed by atoms with Gasteiger partial charge in [0.2, 0.25) is 5.91 Å². The lowest BCUT2D eigenvalue weighted by atomic mass is 10.0. The molecule has 0 aromatic heterocycles. The molecule has 0 spiro atoms. The summed E-state index contributed by atoms with van der Waals surface area (Å²) in [4.78, 5) is 11.1. The summed E-state index contributed by atoms with van der Waals surface area (Å²) in [5, 5.41) is 12.2. The van der Waals surface area contributed by atoms with Gasteiger partial charge in [-0.3, -0.25) is 4.79 Å². The van der Waals surface area contributed by atoms with Crippen LogP contribution < -0.4 is 11.1 Å². The molecule has 1 aliphatic heterocycles. The van der Waals surface area contributed by atoms with Gasteiger partial charge in [-0.15, -0.1) is 0 Å². The van der Waals surface area contributed by atoms with Crippen molar-refractivity contribution in [1.29, 1.82) is 0 Å². The Hall–Kier alpha value is -1.39. The molecule has 1 aromatic rings. The highest BCUT2D eigenvalue weighted by atomic mass is 16.3. The van der Waals surface area contributed by atoms with Crippen LogP contribution in [0.5, 0.6) is 0 Å². The maximum atomic E-state index is 11.1. The number of aliphatic hydroxyl groups is 1. The molecule has 1 aromatic carbocycles. The Morgan fingerprint density at radius 2 is 2.36 bits per heavy atom. The van der Waals surface area contributed by atoms with E-state index in [0.717, 1.165) is 16.8 Å². The molecule has 0 fully saturated rings. The third-order valence-electron chi connectivity index (χ3n) is 2.36. The Morgan fingerprint density at radius 1 is 1.57 bits per heavy atom. The van der Waals surface area contributed by atoms with Crippen LogP contribution in [0.25, 0.3) is 0 Å². The summed E-state index contributed by atoms with van der Waals surface area (Å²) in [6.45, 7) is 0.195. The molecule has 4 nitrogen and oxygen atoms in total. The zero-order valence-corrected chi connectivity index (χ0v) is 7.66. The lowest BCUT2D eigenvalue weighted by Crippen LogP contribution is -2.11. The van der Waals surface area contributed by atoms with E-state index in [1.54, 1.807) is 12.1 Å². The third-order valence-corrected chi connectivity index (χ3v) is 2.36. The van der Waals surface area contributed by atoms with Crippen molar-refractivity contribution in [2.45, 2.75) is 12.5 Å². The fraction of sp³-hybridized carbons (Fsp3) is 0.300. The molecule has 0 saturated carbocycles. The summed E-state index contributed by atoms with van der Waals surface area (Å²) in [6.07, 6.45) is -0.253. The number of hydrogen-bond donors (Lipinski definition) is 3. The van der Waals surface area contributed by atoms with Gasteiger partial charge >= 0.3 is 0 Å². The van der Waals surface area contributed by atoms with Crippen LogP contribution in [0.3, 0.4) is 0 Å². The standard InChI is InChI=1S/C10H12N2O2/c11-5-9(13)6-1-2-8-7(3-6)4-10(14)12-8/h1-3,9,13H,4-5,11H2,(H,12,14). The second-order valence-corrected chi connectivity index (χ2v) is 3.39. The molecule has 1 aliphatic rings. The minimum absolute atomic E-state index is 0.000566. The number of hydrogen-bond acceptors (Lipinski definition) is 3. The number of fused-ring (bicyclic) bond motifs is 1. The van der Waals surface area contributed by atoms with Gasteiger partial charge in [0.15, 0.2) is 0 Å². The van der Waals surface area contributed by atoms with Crippen LogP contribution in [0.4, 0.5) is 5.69 Å². The van der Waals surface area contributed by atoms with Crippen molar-refractivity contribution in [2.24, 2.45) is 5.73 Å². The number of amides is 1.